The first kappa shape index (κ1) is 24.3. The molecular formula is C24H29N4O4S-. The standard InChI is InChI=1S/C24H30N4O4S/c1-24(2,3)28(23(30)31)14-17(13-16-9-7-6-8-10-16)26-22(29)21-20(32-5)18(15-33-21)19-11-12-25-27(19)4/h6-12,15,17H,13-14H2,1-5H3,(H,26,29)(H,30,31)/p-1. The number of rotatable bonds is 8. The summed E-state index contributed by atoms with van der Waals surface area (Å²) in [5.41, 5.74) is 1.92. The SMILES string of the molecule is COc1c(-c2ccnn2C)csc1C(=O)NC(Cc1ccccc1)CN(C(=O)[O-])C(C)(C)C. The number of hydrogen-bond acceptors (Lipinski definition) is 6. The summed E-state index contributed by atoms with van der Waals surface area (Å²) in [6.07, 6.45) is 0.875. The molecule has 0 radical (unpaired) electrons. The second kappa shape index (κ2) is 10.1. The molecule has 1 atom stereocenters. The lowest BCUT2D eigenvalue weighted by molar-refractivity contribution is -0.270. The maximum Gasteiger partial charge on any atom is 0.265 e. The average Bonchev–Trinajstić information content (AvgIpc) is 3.36. The number of hydrogen-bond donors (Lipinski definition) is 1. The Labute approximate surface area is 197 Å². The predicted molar refractivity (Wildman–Crippen MR) is 126 cm³/mol. The van der Waals surface area contributed by atoms with E-state index in [1.807, 2.05) is 48.8 Å². The highest BCUT2D eigenvalue weighted by Crippen LogP contribution is 2.38. The van der Waals surface area contributed by atoms with Crippen LogP contribution in [0.5, 0.6) is 5.75 Å². The molecule has 176 valence electrons. The van der Waals surface area contributed by atoms with Crippen LogP contribution in [0, 0.1) is 0 Å². The van der Waals surface area contributed by atoms with Gasteiger partial charge in [-0.05, 0) is 38.8 Å². The molecule has 33 heavy (non-hydrogen) atoms. The molecule has 9 heteroatoms. The van der Waals surface area contributed by atoms with Gasteiger partial charge in [-0.3, -0.25) is 9.48 Å². The first-order valence-electron chi connectivity index (χ1n) is 10.6. The number of aromatic nitrogens is 2. The van der Waals surface area contributed by atoms with E-state index < -0.39 is 17.7 Å². The van der Waals surface area contributed by atoms with Crippen LogP contribution in [-0.4, -0.2) is 51.9 Å². The van der Waals surface area contributed by atoms with Crippen molar-refractivity contribution in [3.05, 3.63) is 58.4 Å². The molecule has 0 aliphatic heterocycles. The molecule has 0 bridgehead atoms. The number of amides is 2. The van der Waals surface area contributed by atoms with Crippen LogP contribution < -0.4 is 15.2 Å². The third-order valence-corrected chi connectivity index (χ3v) is 6.31. The molecule has 1 aromatic carbocycles. The van der Waals surface area contributed by atoms with Crippen molar-refractivity contribution in [3.8, 4) is 17.0 Å². The van der Waals surface area contributed by atoms with E-state index in [9.17, 15) is 14.7 Å². The van der Waals surface area contributed by atoms with Crippen molar-refractivity contribution in [2.24, 2.45) is 7.05 Å². The van der Waals surface area contributed by atoms with Gasteiger partial charge in [0.25, 0.3) is 5.91 Å². The summed E-state index contributed by atoms with van der Waals surface area (Å²) in [6.45, 7) is 5.49. The van der Waals surface area contributed by atoms with Gasteiger partial charge in [0.15, 0.2) is 5.75 Å². The molecule has 3 aromatic rings. The quantitative estimate of drug-likeness (QED) is 0.547. The van der Waals surface area contributed by atoms with Gasteiger partial charge in [-0.25, -0.2) is 0 Å². The lowest BCUT2D eigenvalue weighted by atomic mass is 10.0. The molecule has 3 rings (SSSR count). The van der Waals surface area contributed by atoms with Crippen molar-refractivity contribution in [1.29, 1.82) is 0 Å². The highest BCUT2D eigenvalue weighted by Gasteiger charge is 2.28. The summed E-state index contributed by atoms with van der Waals surface area (Å²) in [5.74, 6) is 0.144. The molecule has 2 heterocycles. The van der Waals surface area contributed by atoms with Gasteiger partial charge >= 0.3 is 0 Å². The molecule has 0 saturated carbocycles. The van der Waals surface area contributed by atoms with Crippen LogP contribution in [0.25, 0.3) is 11.3 Å². The third-order valence-electron chi connectivity index (χ3n) is 5.35. The second-order valence-electron chi connectivity index (χ2n) is 8.76. The van der Waals surface area contributed by atoms with Crippen LogP contribution >= 0.6 is 11.3 Å². The number of carbonyl (C=O) groups excluding carboxylic acids is 2. The van der Waals surface area contributed by atoms with Gasteiger partial charge in [-0.2, -0.15) is 5.10 Å². The van der Waals surface area contributed by atoms with Gasteiger partial charge in [0.2, 0.25) is 0 Å². The van der Waals surface area contributed by atoms with Crippen molar-refractivity contribution in [3.63, 3.8) is 0 Å². The Morgan fingerprint density at radius 1 is 1.24 bits per heavy atom. The number of aryl methyl sites for hydroxylation is 1. The van der Waals surface area contributed by atoms with Crippen LogP contribution in [0.4, 0.5) is 4.79 Å². The summed E-state index contributed by atoms with van der Waals surface area (Å²) in [5, 5.41) is 20.9. The molecule has 0 fully saturated rings. The molecule has 0 aliphatic rings. The number of benzene rings is 1. The molecule has 1 unspecified atom stereocenters. The molecule has 2 amide bonds. The van der Waals surface area contributed by atoms with Crippen molar-refractivity contribution in [1.82, 2.24) is 20.0 Å². The fourth-order valence-corrected chi connectivity index (χ4v) is 4.60. The van der Waals surface area contributed by atoms with Crippen molar-refractivity contribution in [2.75, 3.05) is 13.7 Å². The van der Waals surface area contributed by atoms with Gasteiger partial charge in [0.05, 0.1) is 24.4 Å². The number of nitrogens with zero attached hydrogens (tertiary/aromatic N) is 3. The molecule has 0 aliphatic carbocycles. The van der Waals surface area contributed by atoms with E-state index in [0.29, 0.717) is 17.0 Å². The fourth-order valence-electron chi connectivity index (χ4n) is 3.67. The smallest absolute Gasteiger partial charge is 0.265 e. The number of carboxylic acid groups (broad SMARTS) is 1. The van der Waals surface area contributed by atoms with Crippen LogP contribution in [0.15, 0.2) is 48.0 Å². The average molecular weight is 470 g/mol. The van der Waals surface area contributed by atoms with Crippen molar-refractivity contribution >= 4 is 23.3 Å². The summed E-state index contributed by atoms with van der Waals surface area (Å²) in [6, 6.07) is 11.0. The number of nitrogens with one attached hydrogen (secondary N) is 1. The minimum absolute atomic E-state index is 0.0920. The second-order valence-corrected chi connectivity index (χ2v) is 9.64. The third kappa shape index (κ3) is 5.73. The topological polar surface area (TPSA) is 99.5 Å². The predicted octanol–water partition coefficient (Wildman–Crippen LogP) is 2.94. The zero-order valence-electron chi connectivity index (χ0n) is 19.5. The Kier molecular flexibility index (Phi) is 7.43. The Balaban J connectivity index is 1.89. The molecule has 1 N–H and O–H groups in total. The minimum atomic E-state index is -1.28. The Hall–Kier alpha value is -3.33. The van der Waals surface area contributed by atoms with E-state index in [1.54, 1.807) is 31.6 Å². The van der Waals surface area contributed by atoms with Crippen LogP contribution in [-0.2, 0) is 13.5 Å². The fraction of sp³-hybridized carbons (Fsp3) is 0.375. The number of carbonyl (C=O) groups is 2. The van der Waals surface area contributed by atoms with E-state index in [1.165, 1.54) is 23.3 Å². The van der Waals surface area contributed by atoms with E-state index >= 15 is 0 Å². The zero-order valence-corrected chi connectivity index (χ0v) is 20.3. The molecule has 8 nitrogen and oxygen atoms in total. The summed E-state index contributed by atoms with van der Waals surface area (Å²) in [4.78, 5) is 26.8. The Bertz CT molecular complexity index is 1100. The van der Waals surface area contributed by atoms with Crippen LogP contribution in [0.2, 0.25) is 0 Å². The van der Waals surface area contributed by atoms with E-state index in [-0.39, 0.29) is 12.5 Å². The number of methoxy groups -OCH3 is 1. The molecule has 0 saturated heterocycles. The molecule has 2 aromatic heterocycles. The molecule has 0 spiro atoms. The minimum Gasteiger partial charge on any atom is -0.530 e. The first-order valence-corrected chi connectivity index (χ1v) is 11.5. The summed E-state index contributed by atoms with van der Waals surface area (Å²) >= 11 is 1.27. The largest absolute Gasteiger partial charge is 0.530 e. The number of thiophene rings is 1. The monoisotopic (exact) mass is 469 g/mol. The maximum atomic E-state index is 13.3. The highest BCUT2D eigenvalue weighted by molar-refractivity contribution is 7.13. The Morgan fingerprint density at radius 2 is 1.94 bits per heavy atom. The first-order chi connectivity index (χ1) is 15.6. The lowest BCUT2D eigenvalue weighted by Crippen LogP contribution is -2.57. The highest BCUT2D eigenvalue weighted by atomic mass is 32.1. The Morgan fingerprint density at radius 3 is 2.48 bits per heavy atom. The van der Waals surface area contributed by atoms with Gasteiger partial charge in [-0.1, -0.05) is 30.3 Å². The normalized spacial score (nSPS) is 12.3. The number of ether oxygens (including phenoxy) is 1. The maximum absolute atomic E-state index is 13.3. The van der Waals surface area contributed by atoms with Gasteiger partial charge in [0, 0.05) is 30.7 Å². The van der Waals surface area contributed by atoms with Crippen molar-refractivity contribution in [2.45, 2.75) is 38.8 Å². The summed E-state index contributed by atoms with van der Waals surface area (Å²) < 4.78 is 7.30. The van der Waals surface area contributed by atoms with E-state index in [0.717, 1.165) is 16.8 Å². The van der Waals surface area contributed by atoms with Gasteiger partial charge < -0.3 is 24.9 Å². The zero-order chi connectivity index (χ0) is 24.2. The van der Waals surface area contributed by atoms with Gasteiger partial charge in [0.1, 0.15) is 11.0 Å². The van der Waals surface area contributed by atoms with E-state index in [4.69, 9.17) is 4.74 Å². The van der Waals surface area contributed by atoms with Gasteiger partial charge in [-0.15, -0.1) is 11.3 Å². The lowest BCUT2D eigenvalue weighted by Gasteiger charge is -2.40. The van der Waals surface area contributed by atoms with Crippen molar-refractivity contribution < 1.29 is 19.4 Å². The van der Waals surface area contributed by atoms with Crippen LogP contribution in [0.1, 0.15) is 36.0 Å². The van der Waals surface area contributed by atoms with Crippen LogP contribution in [0.3, 0.4) is 0 Å². The molecular weight excluding hydrogens is 440 g/mol. The summed E-state index contributed by atoms with van der Waals surface area (Å²) in [7, 11) is 3.35. The van der Waals surface area contributed by atoms with E-state index in [2.05, 4.69) is 10.4 Å².